The number of hydrogen-bond donors (Lipinski definition) is 0. The Morgan fingerprint density at radius 3 is 1.73 bits per heavy atom. The number of para-hydroxylation sites is 2. The predicted octanol–water partition coefficient (Wildman–Crippen LogP) is 10.2. The van der Waals surface area contributed by atoms with Gasteiger partial charge < -0.3 is 9.13 Å². The topological polar surface area (TPSA) is 53.5 Å². The summed E-state index contributed by atoms with van der Waals surface area (Å²) < 4.78 is 6.65. The fourth-order valence-electron chi connectivity index (χ4n) is 7.21. The molecule has 0 aliphatic rings. The normalized spacial score (nSPS) is 11.7. The van der Waals surface area contributed by atoms with Crippen molar-refractivity contribution in [2.45, 2.75) is 0 Å². The van der Waals surface area contributed by atoms with E-state index in [2.05, 4.69) is 135 Å². The van der Waals surface area contributed by atoms with Crippen molar-refractivity contribution in [2.75, 3.05) is 0 Å². The van der Waals surface area contributed by atoms with Crippen molar-refractivity contribution in [1.82, 2.24) is 28.9 Å². The Morgan fingerprint density at radius 1 is 0.408 bits per heavy atom. The standard InChI is InChI=1S/C43H28N6/c1-3-12-29(13-4-1)42-45-43(30-14-5-2-6-15-30)49(46-42)33-22-23-40-37(27-33)35-19-8-10-21-39(35)47(40)31-16-11-17-32(26-31)48-38-20-9-7-18-34(38)36-24-25-44-28-41(36)48/h1-28H. The molecular weight excluding hydrogens is 601 g/mol. The molecule has 10 rings (SSSR count). The van der Waals surface area contributed by atoms with Crippen LogP contribution in [0, 0.1) is 0 Å². The fourth-order valence-corrected chi connectivity index (χ4v) is 7.21. The molecular formula is C43H28N6. The lowest BCUT2D eigenvalue weighted by Crippen LogP contribution is -2.00. The van der Waals surface area contributed by atoms with E-state index in [-0.39, 0.29) is 0 Å². The van der Waals surface area contributed by atoms with E-state index in [1.54, 1.807) is 0 Å². The number of rotatable bonds is 5. The summed E-state index contributed by atoms with van der Waals surface area (Å²) in [5.41, 5.74) is 9.63. The third-order valence-electron chi connectivity index (χ3n) is 9.39. The largest absolute Gasteiger partial charge is 0.309 e. The zero-order valence-electron chi connectivity index (χ0n) is 26.3. The number of hydrogen-bond acceptors (Lipinski definition) is 3. The first-order valence-electron chi connectivity index (χ1n) is 16.4. The summed E-state index contributed by atoms with van der Waals surface area (Å²) in [4.78, 5) is 9.53. The highest BCUT2D eigenvalue weighted by Gasteiger charge is 2.19. The average Bonchev–Trinajstić information content (AvgIpc) is 3.86. The maximum Gasteiger partial charge on any atom is 0.182 e. The summed E-state index contributed by atoms with van der Waals surface area (Å²) >= 11 is 0. The molecule has 4 heterocycles. The van der Waals surface area contributed by atoms with Gasteiger partial charge in [0.15, 0.2) is 11.6 Å². The van der Waals surface area contributed by atoms with Crippen LogP contribution >= 0.6 is 0 Å². The molecule has 0 fully saturated rings. The number of fused-ring (bicyclic) bond motifs is 6. The maximum absolute atomic E-state index is 5.06. The van der Waals surface area contributed by atoms with Crippen LogP contribution in [0.3, 0.4) is 0 Å². The molecule has 0 amide bonds. The van der Waals surface area contributed by atoms with Gasteiger partial charge in [-0.1, -0.05) is 103 Å². The second kappa shape index (κ2) is 10.9. The maximum atomic E-state index is 5.06. The van der Waals surface area contributed by atoms with Crippen molar-refractivity contribution >= 4 is 43.6 Å². The van der Waals surface area contributed by atoms with Crippen molar-refractivity contribution in [3.8, 4) is 39.8 Å². The summed E-state index contributed by atoms with van der Waals surface area (Å²) in [6, 6.07) is 55.1. The number of nitrogens with zero attached hydrogens (tertiary/aromatic N) is 6. The molecule has 6 nitrogen and oxygen atoms in total. The van der Waals surface area contributed by atoms with E-state index in [0.717, 1.165) is 61.5 Å². The molecule has 6 heteroatoms. The van der Waals surface area contributed by atoms with Crippen LogP contribution in [0.25, 0.3) is 83.4 Å². The molecule has 230 valence electrons. The van der Waals surface area contributed by atoms with Crippen LogP contribution in [-0.4, -0.2) is 28.9 Å². The first-order valence-corrected chi connectivity index (χ1v) is 16.4. The van der Waals surface area contributed by atoms with Crippen LogP contribution < -0.4 is 0 Å². The van der Waals surface area contributed by atoms with E-state index in [4.69, 9.17) is 10.1 Å². The third kappa shape index (κ3) is 4.31. The van der Waals surface area contributed by atoms with Gasteiger partial charge in [0.2, 0.25) is 0 Å². The van der Waals surface area contributed by atoms with Gasteiger partial charge in [0.05, 0.1) is 34.0 Å². The monoisotopic (exact) mass is 628 g/mol. The summed E-state index contributed by atoms with van der Waals surface area (Å²) in [5.74, 6) is 1.50. The third-order valence-corrected chi connectivity index (χ3v) is 9.39. The van der Waals surface area contributed by atoms with Crippen molar-refractivity contribution in [2.24, 2.45) is 0 Å². The van der Waals surface area contributed by atoms with Crippen molar-refractivity contribution in [3.05, 3.63) is 170 Å². The van der Waals surface area contributed by atoms with Crippen LogP contribution in [0.15, 0.2) is 170 Å². The lowest BCUT2D eigenvalue weighted by molar-refractivity contribution is 0.892. The van der Waals surface area contributed by atoms with Gasteiger partial charge in [0.25, 0.3) is 0 Å². The highest BCUT2D eigenvalue weighted by atomic mass is 15.4. The molecule has 0 radical (unpaired) electrons. The second-order valence-electron chi connectivity index (χ2n) is 12.2. The molecule has 0 aliphatic carbocycles. The van der Waals surface area contributed by atoms with E-state index in [9.17, 15) is 0 Å². The molecule has 0 spiro atoms. The minimum absolute atomic E-state index is 0.694. The first kappa shape index (κ1) is 27.3. The van der Waals surface area contributed by atoms with Crippen LogP contribution in [-0.2, 0) is 0 Å². The Labute approximate surface area is 281 Å². The van der Waals surface area contributed by atoms with Gasteiger partial charge >= 0.3 is 0 Å². The van der Waals surface area contributed by atoms with Crippen LogP contribution in [0.5, 0.6) is 0 Å². The van der Waals surface area contributed by atoms with Crippen molar-refractivity contribution in [1.29, 1.82) is 0 Å². The molecule has 6 aromatic carbocycles. The molecule has 0 atom stereocenters. The van der Waals surface area contributed by atoms with Crippen molar-refractivity contribution in [3.63, 3.8) is 0 Å². The SMILES string of the molecule is c1ccc(-c2nc(-c3ccccc3)n(-c3ccc4c(c3)c3ccccc3n4-c3cccc(-n4c5ccccc5c5ccncc54)c3)n2)cc1. The Kier molecular flexibility index (Phi) is 6.08. The summed E-state index contributed by atoms with van der Waals surface area (Å²) in [6.45, 7) is 0. The lowest BCUT2D eigenvalue weighted by Gasteiger charge is -2.13. The molecule has 0 N–H and O–H groups in total. The Hall–Kier alpha value is -6.79. The number of aromatic nitrogens is 6. The Balaban J connectivity index is 1.17. The average molecular weight is 629 g/mol. The number of pyridine rings is 1. The summed E-state index contributed by atoms with van der Waals surface area (Å²) in [7, 11) is 0. The fraction of sp³-hybridized carbons (Fsp3) is 0. The Bertz CT molecular complexity index is 2770. The quantitative estimate of drug-likeness (QED) is 0.191. The summed E-state index contributed by atoms with van der Waals surface area (Å²) in [5, 5.41) is 9.79. The van der Waals surface area contributed by atoms with E-state index in [1.165, 1.54) is 16.2 Å². The van der Waals surface area contributed by atoms with Gasteiger partial charge in [-0.15, -0.1) is 5.10 Å². The van der Waals surface area contributed by atoms with Gasteiger partial charge in [-0.05, 0) is 54.6 Å². The lowest BCUT2D eigenvalue weighted by atomic mass is 10.1. The zero-order valence-corrected chi connectivity index (χ0v) is 26.3. The molecule has 10 aromatic rings. The predicted molar refractivity (Wildman–Crippen MR) is 199 cm³/mol. The van der Waals surface area contributed by atoms with Gasteiger partial charge in [-0.3, -0.25) is 4.98 Å². The highest BCUT2D eigenvalue weighted by molar-refractivity contribution is 6.10. The van der Waals surface area contributed by atoms with Crippen LogP contribution in [0.1, 0.15) is 0 Å². The van der Waals surface area contributed by atoms with E-state index < -0.39 is 0 Å². The molecule has 0 saturated heterocycles. The molecule has 4 aromatic heterocycles. The van der Waals surface area contributed by atoms with Crippen molar-refractivity contribution < 1.29 is 0 Å². The zero-order chi connectivity index (χ0) is 32.3. The molecule has 0 bridgehead atoms. The van der Waals surface area contributed by atoms with Crippen LogP contribution in [0.2, 0.25) is 0 Å². The van der Waals surface area contributed by atoms with Crippen LogP contribution in [0.4, 0.5) is 0 Å². The minimum atomic E-state index is 0.694. The molecule has 0 saturated carbocycles. The minimum Gasteiger partial charge on any atom is -0.309 e. The molecule has 0 unspecified atom stereocenters. The van der Waals surface area contributed by atoms with E-state index in [1.807, 2.05) is 53.5 Å². The molecule has 49 heavy (non-hydrogen) atoms. The smallest absolute Gasteiger partial charge is 0.182 e. The van der Waals surface area contributed by atoms with Gasteiger partial charge in [-0.25, -0.2) is 9.67 Å². The number of benzene rings is 6. The Morgan fingerprint density at radius 2 is 1.00 bits per heavy atom. The van der Waals surface area contributed by atoms with Gasteiger partial charge in [-0.2, -0.15) is 0 Å². The van der Waals surface area contributed by atoms with E-state index in [0.29, 0.717) is 5.82 Å². The summed E-state index contributed by atoms with van der Waals surface area (Å²) in [6.07, 6.45) is 3.83. The van der Waals surface area contributed by atoms with E-state index >= 15 is 0 Å². The van der Waals surface area contributed by atoms with Gasteiger partial charge in [0, 0.05) is 50.2 Å². The molecule has 0 aliphatic heterocycles. The first-order chi connectivity index (χ1) is 24.3. The van der Waals surface area contributed by atoms with Gasteiger partial charge in [0.1, 0.15) is 0 Å². The highest BCUT2D eigenvalue weighted by Crippen LogP contribution is 2.36. The second-order valence-corrected chi connectivity index (χ2v) is 12.2.